The highest BCUT2D eigenvalue weighted by molar-refractivity contribution is 7.16. The van der Waals surface area contributed by atoms with E-state index < -0.39 is 5.41 Å². The molecule has 12 nitrogen and oxygen atoms in total. The number of thiophene rings is 1. The van der Waals surface area contributed by atoms with Crippen LogP contribution in [-0.2, 0) is 27.7 Å². The summed E-state index contributed by atoms with van der Waals surface area (Å²) in [7, 11) is 6.08. The third-order valence-corrected chi connectivity index (χ3v) is 12.6. The first-order valence-corrected chi connectivity index (χ1v) is 17.7. The van der Waals surface area contributed by atoms with Crippen molar-refractivity contribution < 1.29 is 18.7 Å². The maximum Gasteiger partial charge on any atom is 0.219 e. The highest BCUT2D eigenvalue weighted by atomic mass is 32.1. The number of rotatable bonds is 6. The lowest BCUT2D eigenvalue weighted by Crippen LogP contribution is -2.70. The standard InChI is InChI=1S/C34H44N8O4S/c1-20(24-13-21(43-4)16-40(24)2)45-27-14-26(42-12-11-41(3)33(17-42)18-44-19-33)37-32(38-27)29-22-7-5-9-34(30(22)46-39-29)10-6-8-25-28(34)23(15-35)31(36)47-25/h14,20-21,24H,5-13,16-19,36H2,1-4H3/t20-,21+,24-,34-/m0/s1. The van der Waals surface area contributed by atoms with Crippen LogP contribution in [0.2, 0.25) is 0 Å². The molecule has 0 amide bonds. The normalized spacial score (nSPS) is 27.8. The average Bonchev–Trinajstić information content (AvgIpc) is 3.75. The molecule has 13 heteroatoms. The fourth-order valence-electron chi connectivity index (χ4n) is 8.84. The molecule has 47 heavy (non-hydrogen) atoms. The summed E-state index contributed by atoms with van der Waals surface area (Å²) in [6.07, 6.45) is 6.51. The number of anilines is 2. The van der Waals surface area contributed by atoms with Gasteiger partial charge in [-0.05, 0) is 71.5 Å². The Kier molecular flexibility index (Phi) is 7.72. The highest BCUT2D eigenvalue weighted by Gasteiger charge is 2.49. The van der Waals surface area contributed by atoms with Gasteiger partial charge in [-0.25, -0.2) is 4.98 Å². The van der Waals surface area contributed by atoms with Crippen LogP contribution in [0.5, 0.6) is 5.88 Å². The summed E-state index contributed by atoms with van der Waals surface area (Å²) >= 11 is 1.55. The lowest BCUT2D eigenvalue weighted by Gasteiger charge is -2.54. The molecule has 3 aromatic heterocycles. The first-order valence-electron chi connectivity index (χ1n) is 16.9. The van der Waals surface area contributed by atoms with Gasteiger partial charge in [0.1, 0.15) is 23.0 Å². The van der Waals surface area contributed by atoms with Crippen molar-refractivity contribution in [3.05, 3.63) is 33.4 Å². The van der Waals surface area contributed by atoms with Crippen LogP contribution in [-0.4, -0.2) is 109 Å². The number of nitrogen functional groups attached to an aromatic ring is 1. The molecule has 250 valence electrons. The Morgan fingerprint density at radius 1 is 1.17 bits per heavy atom. The summed E-state index contributed by atoms with van der Waals surface area (Å²) in [5.74, 6) is 2.72. The van der Waals surface area contributed by atoms with E-state index in [4.69, 9.17) is 39.6 Å². The van der Waals surface area contributed by atoms with Crippen molar-refractivity contribution in [2.75, 3.05) is 71.2 Å². The largest absolute Gasteiger partial charge is 0.473 e. The molecule has 2 spiro atoms. The summed E-state index contributed by atoms with van der Waals surface area (Å²) < 4.78 is 24.3. The van der Waals surface area contributed by atoms with Crippen LogP contribution in [0, 0.1) is 11.3 Å². The van der Waals surface area contributed by atoms with E-state index in [2.05, 4.69) is 41.8 Å². The number of likely N-dealkylation sites (N-methyl/N-ethyl adjacent to an activating group) is 2. The van der Waals surface area contributed by atoms with Crippen LogP contribution >= 0.6 is 11.3 Å². The molecule has 2 N–H and O–H groups in total. The molecule has 3 saturated heterocycles. The third-order valence-electron chi connectivity index (χ3n) is 11.6. The zero-order valence-electron chi connectivity index (χ0n) is 27.8. The highest BCUT2D eigenvalue weighted by Crippen LogP contribution is 2.55. The minimum atomic E-state index is -0.407. The van der Waals surface area contributed by atoms with E-state index in [1.807, 2.05) is 6.07 Å². The van der Waals surface area contributed by atoms with E-state index >= 15 is 0 Å². The van der Waals surface area contributed by atoms with Crippen LogP contribution in [0.15, 0.2) is 10.6 Å². The molecule has 6 heterocycles. The molecule has 0 radical (unpaired) electrons. The number of piperazine rings is 1. The van der Waals surface area contributed by atoms with Gasteiger partial charge in [0, 0.05) is 55.8 Å². The van der Waals surface area contributed by atoms with Crippen LogP contribution < -0.4 is 15.4 Å². The van der Waals surface area contributed by atoms with Crippen LogP contribution in [0.1, 0.15) is 66.4 Å². The molecule has 3 aromatic rings. The number of nitrogens with two attached hydrogens (primary N) is 1. The molecule has 4 atom stereocenters. The molecule has 0 aromatic carbocycles. The quantitative estimate of drug-likeness (QED) is 0.413. The molecule has 0 saturated carbocycles. The smallest absolute Gasteiger partial charge is 0.219 e. The van der Waals surface area contributed by atoms with Crippen molar-refractivity contribution in [1.29, 1.82) is 5.26 Å². The van der Waals surface area contributed by atoms with E-state index in [0.29, 0.717) is 41.2 Å². The predicted molar refractivity (Wildman–Crippen MR) is 178 cm³/mol. The number of likely N-dealkylation sites (tertiary alicyclic amines) is 1. The maximum atomic E-state index is 10.1. The zero-order valence-corrected chi connectivity index (χ0v) is 28.6. The van der Waals surface area contributed by atoms with Gasteiger partial charge < -0.3 is 29.4 Å². The number of hydrogen-bond acceptors (Lipinski definition) is 13. The number of methoxy groups -OCH3 is 1. The predicted octanol–water partition coefficient (Wildman–Crippen LogP) is 3.61. The van der Waals surface area contributed by atoms with Gasteiger partial charge in [-0.2, -0.15) is 10.2 Å². The second kappa shape index (κ2) is 11.7. The van der Waals surface area contributed by atoms with E-state index in [0.717, 1.165) is 93.8 Å². The minimum absolute atomic E-state index is 0.0155. The average molecular weight is 661 g/mol. The van der Waals surface area contributed by atoms with E-state index in [9.17, 15) is 5.26 Å². The maximum absolute atomic E-state index is 10.1. The van der Waals surface area contributed by atoms with Gasteiger partial charge in [0.15, 0.2) is 17.3 Å². The summed E-state index contributed by atoms with van der Waals surface area (Å²) in [5, 5.41) is 15.4. The zero-order chi connectivity index (χ0) is 32.5. The number of nitriles is 1. The van der Waals surface area contributed by atoms with Crippen molar-refractivity contribution in [2.45, 2.75) is 81.1 Å². The number of aromatic nitrogens is 3. The van der Waals surface area contributed by atoms with Gasteiger partial charge in [-0.1, -0.05) is 5.16 Å². The molecule has 2 aliphatic carbocycles. The minimum Gasteiger partial charge on any atom is -0.473 e. The summed E-state index contributed by atoms with van der Waals surface area (Å²) in [6.45, 7) is 6.98. The number of ether oxygens (including phenoxy) is 3. The van der Waals surface area contributed by atoms with Gasteiger partial charge in [0.25, 0.3) is 0 Å². The van der Waals surface area contributed by atoms with Crippen molar-refractivity contribution in [3.63, 3.8) is 0 Å². The third kappa shape index (κ3) is 4.94. The van der Waals surface area contributed by atoms with E-state index in [1.54, 1.807) is 18.4 Å². The van der Waals surface area contributed by atoms with E-state index in [1.165, 1.54) is 4.88 Å². The topological polar surface area (TPSA) is 139 Å². The Balaban J connectivity index is 1.19. The van der Waals surface area contributed by atoms with Gasteiger partial charge in [-0.3, -0.25) is 9.80 Å². The molecule has 8 rings (SSSR count). The summed E-state index contributed by atoms with van der Waals surface area (Å²) in [6, 6.07) is 4.60. The van der Waals surface area contributed by atoms with Crippen molar-refractivity contribution in [1.82, 2.24) is 24.9 Å². The Morgan fingerprint density at radius 2 is 1.98 bits per heavy atom. The number of aryl methyl sites for hydroxylation is 1. The molecule has 3 aliphatic heterocycles. The fourth-order valence-corrected chi connectivity index (χ4v) is 10.00. The van der Waals surface area contributed by atoms with Gasteiger partial charge in [-0.15, -0.1) is 11.3 Å². The lowest BCUT2D eigenvalue weighted by atomic mass is 9.63. The first kappa shape index (κ1) is 31.0. The van der Waals surface area contributed by atoms with Gasteiger partial charge in [0.2, 0.25) is 5.88 Å². The van der Waals surface area contributed by atoms with Gasteiger partial charge in [0.05, 0.1) is 35.8 Å². The van der Waals surface area contributed by atoms with Crippen LogP contribution in [0.4, 0.5) is 10.8 Å². The Morgan fingerprint density at radius 3 is 2.70 bits per heavy atom. The Bertz CT molecular complexity index is 1710. The summed E-state index contributed by atoms with van der Waals surface area (Å²) in [5.41, 5.74) is 9.33. The van der Waals surface area contributed by atoms with Crippen molar-refractivity contribution >= 4 is 22.2 Å². The summed E-state index contributed by atoms with van der Waals surface area (Å²) in [4.78, 5) is 18.4. The van der Waals surface area contributed by atoms with Gasteiger partial charge >= 0.3 is 0 Å². The van der Waals surface area contributed by atoms with E-state index in [-0.39, 0.29) is 23.8 Å². The molecular weight excluding hydrogens is 616 g/mol. The SMILES string of the molecule is CO[C@@H]1C[C@@H]([C@H](C)Oc2cc(N3CCN(C)C4(COC4)C3)nc(-c3noc4c3CCC[C@@]43CCCc4sc(N)c(C#N)c43)n2)N(C)C1. The molecule has 0 bridgehead atoms. The number of hydrogen-bond donors (Lipinski definition) is 1. The van der Waals surface area contributed by atoms with Crippen molar-refractivity contribution in [2.24, 2.45) is 0 Å². The van der Waals surface area contributed by atoms with Crippen molar-refractivity contribution in [3.8, 4) is 23.5 Å². The van der Waals surface area contributed by atoms with Crippen LogP contribution in [0.3, 0.4) is 0 Å². The first-order chi connectivity index (χ1) is 22.7. The fraction of sp³-hybridized carbons (Fsp3) is 0.647. The molecular formula is C34H44N8O4S. The monoisotopic (exact) mass is 660 g/mol. The second-order valence-electron chi connectivity index (χ2n) is 14.3. The Hall–Kier alpha value is -3.28. The molecule has 0 unspecified atom stereocenters. The molecule has 3 fully saturated rings. The Labute approximate surface area is 279 Å². The molecule has 5 aliphatic rings. The number of nitrogens with zero attached hydrogens (tertiary/aromatic N) is 7. The second-order valence-corrected chi connectivity index (χ2v) is 15.4. The lowest BCUT2D eigenvalue weighted by molar-refractivity contribution is -0.134. The number of fused-ring (bicyclic) bond motifs is 4. The van der Waals surface area contributed by atoms with Crippen LogP contribution in [0.25, 0.3) is 11.5 Å².